The van der Waals surface area contributed by atoms with Gasteiger partial charge in [0.2, 0.25) is 0 Å². The molecule has 194 valence electrons. The molecule has 1 fully saturated rings. The topological polar surface area (TPSA) is 91.8 Å². The Morgan fingerprint density at radius 1 is 1.08 bits per heavy atom. The fraction of sp³-hybridized carbons (Fsp3) is 0.462. The van der Waals surface area contributed by atoms with Gasteiger partial charge >= 0.3 is 6.09 Å². The minimum Gasteiger partial charge on any atom is -0.444 e. The van der Waals surface area contributed by atoms with Crippen molar-refractivity contribution in [2.24, 2.45) is 0 Å². The maximum absolute atomic E-state index is 13.4. The molecule has 0 radical (unpaired) electrons. The van der Waals surface area contributed by atoms with Crippen LogP contribution in [0, 0.1) is 0 Å². The fourth-order valence-corrected chi connectivity index (χ4v) is 6.82. The van der Waals surface area contributed by atoms with Crippen molar-refractivity contribution in [1.82, 2.24) is 9.88 Å². The fourth-order valence-electron chi connectivity index (χ4n) is 4.30. The van der Waals surface area contributed by atoms with Crippen LogP contribution in [0.4, 0.5) is 16.3 Å². The molecule has 3 heterocycles. The van der Waals surface area contributed by atoms with E-state index in [1.165, 1.54) is 11.3 Å². The van der Waals surface area contributed by atoms with Crippen LogP contribution in [0.1, 0.15) is 45.7 Å². The first-order valence-electron chi connectivity index (χ1n) is 12.3. The Morgan fingerprint density at radius 2 is 1.72 bits per heavy atom. The van der Waals surface area contributed by atoms with Crippen molar-refractivity contribution in [2.45, 2.75) is 57.3 Å². The number of aromatic nitrogens is 1. The summed E-state index contributed by atoms with van der Waals surface area (Å²) >= 11 is 1.24. The molecule has 1 aliphatic heterocycles. The van der Waals surface area contributed by atoms with Crippen LogP contribution in [0.3, 0.4) is 0 Å². The molecule has 1 N–H and O–H groups in total. The number of benzene rings is 1. The molecule has 0 bridgehead atoms. The first-order chi connectivity index (χ1) is 17.0. The molecule has 2 aromatic heterocycles. The highest BCUT2D eigenvalue weighted by Crippen LogP contribution is 2.36. The number of thiophene rings is 1. The Balaban J connectivity index is 1.57. The highest BCUT2D eigenvalue weighted by Gasteiger charge is 2.28. The molecule has 8 nitrogen and oxygen atoms in total. The zero-order valence-electron chi connectivity index (χ0n) is 21.5. The third kappa shape index (κ3) is 5.59. The number of anilines is 2. The lowest BCUT2D eigenvalue weighted by atomic mass is 10.0. The van der Waals surface area contributed by atoms with E-state index in [9.17, 15) is 13.2 Å². The predicted molar refractivity (Wildman–Crippen MR) is 146 cm³/mol. The molecule has 0 unspecified atom stereocenters. The largest absolute Gasteiger partial charge is 0.444 e. The number of hydrogen-bond donors (Lipinski definition) is 1. The Bertz CT molecular complexity index is 1330. The number of ether oxygens (including phenoxy) is 1. The van der Waals surface area contributed by atoms with Crippen LogP contribution >= 0.6 is 11.3 Å². The van der Waals surface area contributed by atoms with Gasteiger partial charge in [-0.05, 0) is 56.9 Å². The van der Waals surface area contributed by atoms with Gasteiger partial charge in [0.25, 0.3) is 10.0 Å². The van der Waals surface area contributed by atoms with Crippen molar-refractivity contribution in [1.29, 1.82) is 0 Å². The molecular weight excluding hydrogens is 496 g/mol. The van der Waals surface area contributed by atoms with Crippen LogP contribution in [-0.4, -0.2) is 56.2 Å². The van der Waals surface area contributed by atoms with Crippen molar-refractivity contribution in [3.8, 4) is 0 Å². The molecule has 1 aromatic carbocycles. The van der Waals surface area contributed by atoms with Crippen molar-refractivity contribution >= 4 is 49.0 Å². The van der Waals surface area contributed by atoms with Gasteiger partial charge in [-0.1, -0.05) is 32.0 Å². The summed E-state index contributed by atoms with van der Waals surface area (Å²) in [5, 5.41) is 0.799. The van der Waals surface area contributed by atoms with Gasteiger partial charge in [0, 0.05) is 42.5 Å². The monoisotopic (exact) mass is 530 g/mol. The number of para-hydroxylation sites is 1. The van der Waals surface area contributed by atoms with E-state index in [1.54, 1.807) is 17.2 Å². The maximum Gasteiger partial charge on any atom is 0.410 e. The summed E-state index contributed by atoms with van der Waals surface area (Å²) < 4.78 is 36.3. The molecule has 1 aliphatic rings. The summed E-state index contributed by atoms with van der Waals surface area (Å²) in [5.41, 5.74) is 2.09. The maximum atomic E-state index is 13.4. The number of nitrogens with zero attached hydrogens (tertiary/aromatic N) is 3. The number of aryl methyl sites for hydroxylation is 2. The van der Waals surface area contributed by atoms with Gasteiger partial charge in [-0.2, -0.15) is 0 Å². The first kappa shape index (κ1) is 26.2. The highest BCUT2D eigenvalue weighted by atomic mass is 32.2. The molecule has 10 heteroatoms. The summed E-state index contributed by atoms with van der Waals surface area (Å²) in [5.74, 6) is 0.734. The lowest BCUT2D eigenvalue weighted by Gasteiger charge is -2.36. The van der Waals surface area contributed by atoms with E-state index in [-0.39, 0.29) is 10.3 Å². The Kier molecular flexibility index (Phi) is 7.47. The van der Waals surface area contributed by atoms with E-state index < -0.39 is 15.6 Å². The van der Waals surface area contributed by atoms with Crippen LogP contribution in [0.5, 0.6) is 0 Å². The SMILES string of the molecule is CCc1cccc(CC)c1NS(=O)(=O)c1cc2c(N3CCN(C(=O)OC(C)(C)C)CC3)nccc2s1. The lowest BCUT2D eigenvalue weighted by molar-refractivity contribution is 0.0240. The molecule has 1 amide bonds. The molecule has 1 saturated heterocycles. The normalized spacial score (nSPS) is 14.8. The molecule has 0 saturated carbocycles. The number of piperazine rings is 1. The number of hydrogen-bond acceptors (Lipinski definition) is 7. The summed E-state index contributed by atoms with van der Waals surface area (Å²) in [6.45, 7) is 11.8. The van der Waals surface area contributed by atoms with Crippen molar-refractivity contribution in [3.05, 3.63) is 47.7 Å². The quantitative estimate of drug-likeness (QED) is 0.466. The lowest BCUT2D eigenvalue weighted by Crippen LogP contribution is -2.50. The molecular formula is C26H34N4O4S2. The molecule has 3 aromatic rings. The first-order valence-corrected chi connectivity index (χ1v) is 14.6. The Morgan fingerprint density at radius 3 is 2.31 bits per heavy atom. The number of carbonyl (C=O) groups is 1. The zero-order chi connectivity index (χ0) is 26.1. The van der Waals surface area contributed by atoms with E-state index in [1.807, 2.05) is 58.9 Å². The van der Waals surface area contributed by atoms with Gasteiger partial charge in [-0.25, -0.2) is 18.2 Å². The Hall–Kier alpha value is -2.85. The minimum atomic E-state index is -3.77. The molecule has 0 spiro atoms. The Labute approximate surface area is 217 Å². The average Bonchev–Trinajstić information content (AvgIpc) is 3.29. The predicted octanol–water partition coefficient (Wildman–Crippen LogP) is 5.28. The van der Waals surface area contributed by atoms with Crippen molar-refractivity contribution in [2.75, 3.05) is 35.8 Å². The molecule has 36 heavy (non-hydrogen) atoms. The van der Waals surface area contributed by atoms with Gasteiger partial charge in [0.15, 0.2) is 0 Å². The summed E-state index contributed by atoms with van der Waals surface area (Å²) in [6, 6.07) is 9.44. The number of amides is 1. The van der Waals surface area contributed by atoms with Crippen LogP contribution in [0.15, 0.2) is 40.7 Å². The smallest absolute Gasteiger partial charge is 0.410 e. The van der Waals surface area contributed by atoms with Crippen LogP contribution in [0.25, 0.3) is 10.1 Å². The number of nitrogens with one attached hydrogen (secondary N) is 1. The average molecular weight is 531 g/mol. The number of pyridine rings is 1. The second-order valence-electron chi connectivity index (χ2n) is 9.83. The van der Waals surface area contributed by atoms with E-state index in [2.05, 4.69) is 14.6 Å². The molecule has 0 aliphatic carbocycles. The van der Waals surface area contributed by atoms with Crippen LogP contribution in [-0.2, 0) is 27.6 Å². The third-order valence-corrected chi connectivity index (χ3v) is 9.06. The second-order valence-corrected chi connectivity index (χ2v) is 12.8. The van der Waals surface area contributed by atoms with E-state index in [4.69, 9.17) is 4.74 Å². The zero-order valence-corrected chi connectivity index (χ0v) is 23.1. The number of sulfonamides is 1. The molecule has 0 atom stereocenters. The highest BCUT2D eigenvalue weighted by molar-refractivity contribution is 7.94. The van der Waals surface area contributed by atoms with E-state index >= 15 is 0 Å². The van der Waals surface area contributed by atoms with E-state index in [0.29, 0.717) is 31.9 Å². The third-order valence-electron chi connectivity index (χ3n) is 6.13. The standard InChI is InChI=1S/C26H34N4O4S2/c1-6-18-9-8-10-19(7-2)23(18)28-36(32,33)22-17-20-21(35-22)11-12-27-24(20)29-13-15-30(16-14-29)25(31)34-26(3,4)5/h8-12,17,28H,6-7,13-16H2,1-5H3. The number of rotatable bonds is 6. The summed E-state index contributed by atoms with van der Waals surface area (Å²) in [7, 11) is -3.77. The van der Waals surface area contributed by atoms with Crippen LogP contribution < -0.4 is 9.62 Å². The van der Waals surface area contributed by atoms with Gasteiger partial charge in [0.05, 0.1) is 5.69 Å². The summed E-state index contributed by atoms with van der Waals surface area (Å²) in [6.07, 6.45) is 2.87. The van der Waals surface area contributed by atoms with Crippen molar-refractivity contribution in [3.63, 3.8) is 0 Å². The minimum absolute atomic E-state index is 0.257. The van der Waals surface area contributed by atoms with Crippen LogP contribution in [0.2, 0.25) is 0 Å². The van der Waals surface area contributed by atoms with E-state index in [0.717, 1.165) is 39.9 Å². The second kappa shape index (κ2) is 10.3. The number of carbonyl (C=O) groups excluding carboxylic acids is 1. The van der Waals surface area contributed by atoms with Gasteiger partial charge in [-0.15, -0.1) is 11.3 Å². The van der Waals surface area contributed by atoms with Gasteiger partial charge in [-0.3, -0.25) is 4.72 Å². The van der Waals surface area contributed by atoms with Gasteiger partial charge < -0.3 is 14.5 Å². The summed E-state index contributed by atoms with van der Waals surface area (Å²) in [4.78, 5) is 20.8. The van der Waals surface area contributed by atoms with Gasteiger partial charge in [0.1, 0.15) is 15.6 Å². The van der Waals surface area contributed by atoms with Crippen molar-refractivity contribution < 1.29 is 17.9 Å². The number of fused-ring (bicyclic) bond motifs is 1. The molecule has 4 rings (SSSR count).